The van der Waals surface area contributed by atoms with Crippen molar-refractivity contribution in [2.45, 2.75) is 70.9 Å². The van der Waals surface area contributed by atoms with E-state index >= 15 is 0 Å². The van der Waals surface area contributed by atoms with Crippen LogP contribution in [0.15, 0.2) is 36.5 Å². The molecule has 0 aliphatic carbocycles. The lowest BCUT2D eigenvalue weighted by molar-refractivity contribution is -0.134. The molecule has 0 bridgehead atoms. The first-order valence-electron chi connectivity index (χ1n) is 10.4. The topological polar surface area (TPSA) is 45.2 Å². The summed E-state index contributed by atoms with van der Waals surface area (Å²) in [6, 6.07) is 10.7. The van der Waals surface area contributed by atoms with Crippen molar-refractivity contribution in [3.05, 3.63) is 52.0 Å². The van der Waals surface area contributed by atoms with Gasteiger partial charge in [-0.1, -0.05) is 58.0 Å². The summed E-state index contributed by atoms with van der Waals surface area (Å²) in [6.07, 6.45) is 4.88. The van der Waals surface area contributed by atoms with Gasteiger partial charge < -0.3 is 10.2 Å². The highest BCUT2D eigenvalue weighted by molar-refractivity contribution is 7.11. The first-order valence-corrected chi connectivity index (χ1v) is 11.2. The number of likely N-dealkylation sites (tertiary alicyclic amines) is 1. The molecule has 1 aromatic heterocycles. The summed E-state index contributed by atoms with van der Waals surface area (Å²) < 4.78 is 0. The molecule has 1 aliphatic heterocycles. The van der Waals surface area contributed by atoms with E-state index in [1.807, 2.05) is 24.4 Å². The fraction of sp³-hybridized carbons (Fsp3) is 0.565. The number of hydrogen-bond acceptors (Lipinski definition) is 4. The second kappa shape index (κ2) is 9.19. The molecule has 1 saturated heterocycles. The first-order chi connectivity index (χ1) is 13.4. The summed E-state index contributed by atoms with van der Waals surface area (Å²) in [6.45, 7) is 11.3. The van der Waals surface area contributed by atoms with Crippen LogP contribution < -0.4 is 5.32 Å². The maximum atomic E-state index is 13.0. The fourth-order valence-electron chi connectivity index (χ4n) is 3.74. The third-order valence-electron chi connectivity index (χ3n) is 5.48. The number of hydrogen-bond donors (Lipinski definition) is 1. The van der Waals surface area contributed by atoms with E-state index in [1.165, 1.54) is 9.88 Å². The Morgan fingerprint density at radius 1 is 1.25 bits per heavy atom. The second-order valence-electron chi connectivity index (χ2n) is 8.73. The number of nitrogens with one attached hydrogen (secondary N) is 1. The van der Waals surface area contributed by atoms with Gasteiger partial charge in [-0.05, 0) is 24.8 Å². The van der Waals surface area contributed by atoms with Crippen LogP contribution in [0, 0.1) is 0 Å². The molecule has 1 N–H and O–H groups in total. The lowest BCUT2D eigenvalue weighted by Gasteiger charge is -2.34. The van der Waals surface area contributed by atoms with E-state index in [9.17, 15) is 4.79 Å². The largest absolute Gasteiger partial charge is 0.342 e. The van der Waals surface area contributed by atoms with E-state index < -0.39 is 0 Å². The van der Waals surface area contributed by atoms with Crippen molar-refractivity contribution in [3.8, 4) is 0 Å². The number of piperidine rings is 1. The van der Waals surface area contributed by atoms with Crippen LogP contribution in [0.2, 0.25) is 0 Å². The summed E-state index contributed by atoms with van der Waals surface area (Å²) >= 11 is 1.80. The van der Waals surface area contributed by atoms with Crippen molar-refractivity contribution >= 4 is 17.2 Å². The van der Waals surface area contributed by atoms with Crippen molar-refractivity contribution in [1.82, 2.24) is 15.2 Å². The van der Waals surface area contributed by atoms with Crippen LogP contribution in [-0.2, 0) is 16.8 Å². The van der Waals surface area contributed by atoms with Crippen molar-refractivity contribution < 1.29 is 4.79 Å². The fourth-order valence-corrected chi connectivity index (χ4v) is 4.66. The van der Waals surface area contributed by atoms with Crippen LogP contribution in [0.4, 0.5) is 0 Å². The van der Waals surface area contributed by atoms with E-state index in [2.05, 4.69) is 55.0 Å². The highest BCUT2D eigenvalue weighted by Crippen LogP contribution is 2.27. The predicted octanol–water partition coefficient (Wildman–Crippen LogP) is 4.72. The lowest BCUT2D eigenvalue weighted by Crippen LogP contribution is -2.46. The van der Waals surface area contributed by atoms with Gasteiger partial charge in [0.05, 0.1) is 10.9 Å². The first kappa shape index (κ1) is 21.0. The van der Waals surface area contributed by atoms with Crippen LogP contribution in [-0.4, -0.2) is 34.9 Å². The van der Waals surface area contributed by atoms with Crippen molar-refractivity contribution in [2.24, 2.45) is 0 Å². The van der Waals surface area contributed by atoms with Crippen molar-refractivity contribution in [1.29, 1.82) is 0 Å². The van der Waals surface area contributed by atoms with Crippen LogP contribution in [0.25, 0.3) is 0 Å². The van der Waals surface area contributed by atoms with E-state index in [1.54, 1.807) is 11.3 Å². The summed E-state index contributed by atoms with van der Waals surface area (Å²) in [5.41, 5.74) is 1.25. The van der Waals surface area contributed by atoms with Gasteiger partial charge in [-0.25, -0.2) is 4.98 Å². The molecule has 1 aliphatic rings. The zero-order valence-corrected chi connectivity index (χ0v) is 18.4. The molecule has 1 atom stereocenters. The van der Waals surface area contributed by atoms with Gasteiger partial charge in [0, 0.05) is 42.2 Å². The molecule has 5 heteroatoms. The molecule has 2 aromatic rings. The van der Waals surface area contributed by atoms with Gasteiger partial charge in [0.2, 0.25) is 5.91 Å². The highest BCUT2D eigenvalue weighted by Gasteiger charge is 2.28. The Bertz CT molecular complexity index is 758. The molecule has 1 unspecified atom stereocenters. The molecular weight excluding hydrogens is 366 g/mol. The third kappa shape index (κ3) is 5.21. The number of nitrogens with zero attached hydrogens (tertiary/aromatic N) is 2. The third-order valence-corrected chi connectivity index (χ3v) is 6.90. The van der Waals surface area contributed by atoms with E-state index in [-0.39, 0.29) is 17.2 Å². The maximum absolute atomic E-state index is 13.0. The molecule has 0 saturated carbocycles. The lowest BCUT2D eigenvalue weighted by atomic mass is 9.93. The van der Waals surface area contributed by atoms with Gasteiger partial charge in [-0.2, -0.15) is 0 Å². The van der Waals surface area contributed by atoms with E-state index in [0.29, 0.717) is 6.04 Å². The number of carbonyl (C=O) groups is 1. The Morgan fingerprint density at radius 3 is 2.50 bits per heavy atom. The number of carbonyl (C=O) groups excluding carboxylic acids is 1. The molecule has 0 radical (unpaired) electrons. The number of thiazole rings is 1. The van der Waals surface area contributed by atoms with Crippen LogP contribution >= 0.6 is 11.3 Å². The summed E-state index contributed by atoms with van der Waals surface area (Å²) in [4.78, 5) is 20.9. The SMILES string of the molecule is CCC(C(=O)N1CCC(NCc2cnc(C(C)(C)C)s2)CC1)c1ccccc1. The predicted molar refractivity (Wildman–Crippen MR) is 117 cm³/mol. The van der Waals surface area contributed by atoms with Crippen LogP contribution in [0.3, 0.4) is 0 Å². The molecular formula is C23H33N3OS. The standard InChI is InChI=1S/C23H33N3OS/c1-5-20(17-9-7-6-8-10-17)21(27)26-13-11-18(12-14-26)24-15-19-16-25-22(28-19)23(2,3)4/h6-10,16,18,20,24H,5,11-15H2,1-4H3. The number of aromatic nitrogens is 1. The molecule has 1 fully saturated rings. The Hall–Kier alpha value is -1.72. The molecule has 2 heterocycles. The molecule has 1 amide bonds. The number of rotatable bonds is 6. The number of amides is 1. The van der Waals surface area contributed by atoms with Gasteiger partial charge in [-0.15, -0.1) is 11.3 Å². The molecule has 0 spiro atoms. The summed E-state index contributed by atoms with van der Waals surface area (Å²) in [5.74, 6) is 0.267. The zero-order valence-electron chi connectivity index (χ0n) is 17.6. The highest BCUT2D eigenvalue weighted by atomic mass is 32.1. The van der Waals surface area contributed by atoms with Gasteiger partial charge in [0.25, 0.3) is 0 Å². The smallest absolute Gasteiger partial charge is 0.230 e. The quantitative estimate of drug-likeness (QED) is 0.765. The van der Waals surface area contributed by atoms with E-state index in [4.69, 9.17) is 0 Å². The Morgan fingerprint density at radius 2 is 1.93 bits per heavy atom. The summed E-state index contributed by atoms with van der Waals surface area (Å²) in [7, 11) is 0. The molecule has 1 aromatic carbocycles. The van der Waals surface area contributed by atoms with Gasteiger partial charge in [-0.3, -0.25) is 4.79 Å². The average molecular weight is 400 g/mol. The van der Waals surface area contributed by atoms with Gasteiger partial charge >= 0.3 is 0 Å². The average Bonchev–Trinajstić information content (AvgIpc) is 3.18. The van der Waals surface area contributed by atoms with Crippen LogP contribution in [0.5, 0.6) is 0 Å². The Labute approximate surface area is 173 Å². The minimum absolute atomic E-state index is 0.0151. The van der Waals surface area contributed by atoms with E-state index in [0.717, 1.165) is 44.5 Å². The second-order valence-corrected chi connectivity index (χ2v) is 9.85. The van der Waals surface area contributed by atoms with Crippen molar-refractivity contribution in [3.63, 3.8) is 0 Å². The normalized spacial score (nSPS) is 16.9. The molecule has 3 rings (SSSR count). The maximum Gasteiger partial charge on any atom is 0.230 e. The molecule has 152 valence electrons. The zero-order chi connectivity index (χ0) is 20.1. The molecule has 4 nitrogen and oxygen atoms in total. The van der Waals surface area contributed by atoms with Crippen molar-refractivity contribution in [2.75, 3.05) is 13.1 Å². The Kier molecular flexibility index (Phi) is 6.89. The summed E-state index contributed by atoms with van der Waals surface area (Å²) in [5, 5.41) is 4.86. The van der Waals surface area contributed by atoms with Gasteiger partial charge in [0.1, 0.15) is 0 Å². The Balaban J connectivity index is 1.49. The monoisotopic (exact) mass is 399 g/mol. The van der Waals surface area contributed by atoms with Crippen LogP contribution in [0.1, 0.15) is 68.3 Å². The minimum Gasteiger partial charge on any atom is -0.342 e. The molecule has 28 heavy (non-hydrogen) atoms. The van der Waals surface area contributed by atoms with Gasteiger partial charge in [0.15, 0.2) is 0 Å². The number of benzene rings is 1. The minimum atomic E-state index is -0.0151.